The monoisotopic (exact) mass is 223 g/mol. The number of rotatable bonds is 5. The third-order valence-corrected chi connectivity index (χ3v) is 3.83. The summed E-state index contributed by atoms with van der Waals surface area (Å²) in [7, 11) is 0. The van der Waals surface area contributed by atoms with Crippen molar-refractivity contribution in [3.8, 4) is 0 Å². The van der Waals surface area contributed by atoms with E-state index in [4.69, 9.17) is 5.73 Å². The molecule has 1 nitrogen and oxygen atoms in total. The second-order valence-corrected chi connectivity index (χ2v) is 5.83. The molecule has 1 aliphatic rings. The zero-order valence-corrected chi connectivity index (χ0v) is 11.4. The van der Waals surface area contributed by atoms with Crippen LogP contribution in [0.2, 0.25) is 0 Å². The molecule has 0 amide bonds. The van der Waals surface area contributed by atoms with Crippen molar-refractivity contribution in [2.45, 2.75) is 72.1 Å². The van der Waals surface area contributed by atoms with Gasteiger partial charge in [0.25, 0.3) is 0 Å². The summed E-state index contributed by atoms with van der Waals surface area (Å²) in [6, 6.07) is 0. The zero-order valence-electron chi connectivity index (χ0n) is 11.4. The number of allylic oxidation sites excluding steroid dienone is 2. The maximum Gasteiger partial charge on any atom is 0.00436 e. The fourth-order valence-corrected chi connectivity index (χ4v) is 2.88. The highest BCUT2D eigenvalue weighted by molar-refractivity contribution is 5.13. The van der Waals surface area contributed by atoms with Crippen molar-refractivity contribution in [3.05, 3.63) is 11.3 Å². The molecule has 0 spiro atoms. The predicted octanol–water partition coefficient (Wildman–Crippen LogP) is 4.63. The molecule has 0 aromatic rings. The van der Waals surface area contributed by atoms with Gasteiger partial charge in [0, 0.05) is 5.70 Å². The minimum atomic E-state index is 0.811. The lowest BCUT2D eigenvalue weighted by atomic mass is 9.81. The van der Waals surface area contributed by atoms with Gasteiger partial charge >= 0.3 is 0 Å². The molecule has 1 aliphatic carbocycles. The van der Waals surface area contributed by atoms with Crippen LogP contribution >= 0.6 is 0 Å². The molecule has 1 saturated carbocycles. The van der Waals surface area contributed by atoms with E-state index in [0.29, 0.717) is 0 Å². The molecule has 0 atom stereocenters. The normalized spacial score (nSPS) is 20.0. The van der Waals surface area contributed by atoms with Crippen LogP contribution in [0.5, 0.6) is 0 Å². The molecule has 0 bridgehead atoms. The first-order chi connectivity index (χ1) is 7.61. The number of hydrogen-bond acceptors (Lipinski definition) is 1. The third-order valence-electron chi connectivity index (χ3n) is 3.83. The van der Waals surface area contributed by atoms with E-state index < -0.39 is 0 Å². The van der Waals surface area contributed by atoms with Gasteiger partial charge in [-0.15, -0.1) is 0 Å². The summed E-state index contributed by atoms with van der Waals surface area (Å²) in [5.41, 5.74) is 8.75. The Morgan fingerprint density at radius 2 is 1.81 bits per heavy atom. The third kappa shape index (κ3) is 4.59. The van der Waals surface area contributed by atoms with Gasteiger partial charge in [-0.2, -0.15) is 0 Å². The summed E-state index contributed by atoms with van der Waals surface area (Å²) in [6.45, 7) is 6.71. The second kappa shape index (κ2) is 6.98. The Labute approximate surface area is 101 Å². The first-order valence-electron chi connectivity index (χ1n) is 7.06. The van der Waals surface area contributed by atoms with Crippen LogP contribution < -0.4 is 5.73 Å². The standard InChI is InChI=1S/C15H29N/c1-12(2)8-7-11-15(13(3)16)14-9-5-4-6-10-14/h12,14H,4-11,16H2,1-3H3. The molecular formula is C15H29N. The molecule has 0 saturated heterocycles. The summed E-state index contributed by atoms with van der Waals surface area (Å²) in [6.07, 6.45) is 10.9. The zero-order chi connectivity index (χ0) is 12.0. The van der Waals surface area contributed by atoms with E-state index in [1.807, 2.05) is 0 Å². The fourth-order valence-electron chi connectivity index (χ4n) is 2.88. The van der Waals surface area contributed by atoms with E-state index in [-0.39, 0.29) is 0 Å². The van der Waals surface area contributed by atoms with Crippen LogP contribution in [0.25, 0.3) is 0 Å². The van der Waals surface area contributed by atoms with Crippen LogP contribution in [-0.2, 0) is 0 Å². The Morgan fingerprint density at radius 3 is 2.31 bits per heavy atom. The van der Waals surface area contributed by atoms with Gasteiger partial charge in [-0.25, -0.2) is 0 Å². The molecular weight excluding hydrogens is 194 g/mol. The van der Waals surface area contributed by atoms with Gasteiger partial charge in [0.2, 0.25) is 0 Å². The fraction of sp³-hybridized carbons (Fsp3) is 0.867. The van der Waals surface area contributed by atoms with Crippen molar-refractivity contribution < 1.29 is 0 Å². The molecule has 0 aliphatic heterocycles. The van der Waals surface area contributed by atoms with E-state index in [1.54, 1.807) is 5.57 Å². The SMILES string of the molecule is CC(N)=C(CCCC(C)C)C1CCCCC1. The van der Waals surface area contributed by atoms with E-state index in [9.17, 15) is 0 Å². The van der Waals surface area contributed by atoms with Crippen LogP contribution in [0.3, 0.4) is 0 Å². The van der Waals surface area contributed by atoms with Crippen molar-refractivity contribution >= 4 is 0 Å². The van der Waals surface area contributed by atoms with Crippen LogP contribution in [-0.4, -0.2) is 0 Å². The minimum absolute atomic E-state index is 0.811. The average molecular weight is 223 g/mol. The van der Waals surface area contributed by atoms with Gasteiger partial charge in [0.15, 0.2) is 0 Å². The van der Waals surface area contributed by atoms with Gasteiger partial charge in [-0.1, -0.05) is 39.5 Å². The summed E-state index contributed by atoms with van der Waals surface area (Å²) in [4.78, 5) is 0. The first kappa shape index (κ1) is 13.6. The molecule has 0 unspecified atom stereocenters. The lowest BCUT2D eigenvalue weighted by molar-refractivity contribution is 0.387. The molecule has 94 valence electrons. The Balaban J connectivity index is 2.44. The Hall–Kier alpha value is -0.460. The highest BCUT2D eigenvalue weighted by Gasteiger charge is 2.18. The van der Waals surface area contributed by atoms with Gasteiger partial charge < -0.3 is 5.73 Å². The number of hydrogen-bond donors (Lipinski definition) is 1. The lowest BCUT2D eigenvalue weighted by Gasteiger charge is -2.26. The second-order valence-electron chi connectivity index (χ2n) is 5.83. The molecule has 0 radical (unpaired) electrons. The Morgan fingerprint density at radius 1 is 1.19 bits per heavy atom. The summed E-state index contributed by atoms with van der Waals surface area (Å²) in [5, 5.41) is 0. The van der Waals surface area contributed by atoms with Crippen LogP contribution in [0.15, 0.2) is 11.3 Å². The Kier molecular flexibility index (Phi) is 5.94. The molecule has 16 heavy (non-hydrogen) atoms. The summed E-state index contributed by atoms with van der Waals surface area (Å²) >= 11 is 0. The van der Waals surface area contributed by atoms with Gasteiger partial charge in [-0.3, -0.25) is 0 Å². The molecule has 0 heterocycles. The maximum atomic E-state index is 6.06. The maximum absolute atomic E-state index is 6.06. The quantitative estimate of drug-likeness (QED) is 0.722. The topological polar surface area (TPSA) is 26.0 Å². The van der Waals surface area contributed by atoms with Crippen molar-refractivity contribution in [2.75, 3.05) is 0 Å². The van der Waals surface area contributed by atoms with E-state index >= 15 is 0 Å². The van der Waals surface area contributed by atoms with Gasteiger partial charge in [0.05, 0.1) is 0 Å². The first-order valence-corrected chi connectivity index (χ1v) is 7.06. The molecule has 1 heteroatoms. The highest BCUT2D eigenvalue weighted by atomic mass is 14.6. The van der Waals surface area contributed by atoms with Crippen molar-refractivity contribution in [3.63, 3.8) is 0 Å². The van der Waals surface area contributed by atoms with E-state index in [0.717, 1.165) is 17.5 Å². The van der Waals surface area contributed by atoms with Crippen LogP contribution in [0.1, 0.15) is 72.1 Å². The van der Waals surface area contributed by atoms with E-state index in [2.05, 4.69) is 20.8 Å². The van der Waals surface area contributed by atoms with Crippen molar-refractivity contribution in [1.29, 1.82) is 0 Å². The van der Waals surface area contributed by atoms with E-state index in [1.165, 1.54) is 51.4 Å². The van der Waals surface area contributed by atoms with Crippen molar-refractivity contribution in [1.82, 2.24) is 0 Å². The highest BCUT2D eigenvalue weighted by Crippen LogP contribution is 2.33. The predicted molar refractivity (Wildman–Crippen MR) is 72.2 cm³/mol. The summed E-state index contributed by atoms with van der Waals surface area (Å²) in [5.74, 6) is 1.64. The van der Waals surface area contributed by atoms with Crippen molar-refractivity contribution in [2.24, 2.45) is 17.6 Å². The molecule has 0 aromatic heterocycles. The molecule has 1 fully saturated rings. The molecule has 2 N–H and O–H groups in total. The largest absolute Gasteiger partial charge is 0.402 e. The van der Waals surface area contributed by atoms with Gasteiger partial charge in [-0.05, 0) is 50.0 Å². The smallest absolute Gasteiger partial charge is 0.00436 e. The average Bonchev–Trinajstić information content (AvgIpc) is 2.25. The number of nitrogens with two attached hydrogens (primary N) is 1. The molecule has 0 aromatic carbocycles. The summed E-state index contributed by atoms with van der Waals surface area (Å²) < 4.78 is 0. The van der Waals surface area contributed by atoms with Crippen LogP contribution in [0, 0.1) is 11.8 Å². The van der Waals surface area contributed by atoms with Crippen LogP contribution in [0.4, 0.5) is 0 Å². The molecule has 1 rings (SSSR count). The Bertz CT molecular complexity index is 218. The lowest BCUT2D eigenvalue weighted by Crippen LogP contribution is -2.13. The minimum Gasteiger partial charge on any atom is -0.402 e. The van der Waals surface area contributed by atoms with Gasteiger partial charge in [0.1, 0.15) is 0 Å².